The van der Waals surface area contributed by atoms with Gasteiger partial charge >= 0.3 is 0 Å². The number of hydrogen-bond acceptors (Lipinski definition) is 8. The van der Waals surface area contributed by atoms with Gasteiger partial charge in [-0.2, -0.15) is 0 Å². The molecule has 9 heteroatoms. The van der Waals surface area contributed by atoms with Crippen LogP contribution in [0.5, 0.6) is 0 Å². The van der Waals surface area contributed by atoms with E-state index in [2.05, 4.69) is 15.0 Å². The summed E-state index contributed by atoms with van der Waals surface area (Å²) in [5, 5.41) is 19.8. The van der Waals surface area contributed by atoms with E-state index in [0.29, 0.717) is 22.7 Å². The summed E-state index contributed by atoms with van der Waals surface area (Å²) in [5.74, 6) is 0.741. The molecule has 0 aromatic carbocycles. The predicted molar refractivity (Wildman–Crippen MR) is 83.1 cm³/mol. The van der Waals surface area contributed by atoms with E-state index in [1.807, 2.05) is 25.3 Å². The SMILES string of the molecule is CSc1nc(N(C)C)c2ncn([C@@H]3C[C@@H](O)[C@H](CO)O3)c2n1. The van der Waals surface area contributed by atoms with Crippen molar-refractivity contribution in [2.75, 3.05) is 31.9 Å². The molecular weight excluding hydrogens is 306 g/mol. The number of anilines is 1. The fraction of sp³-hybridized carbons (Fsp3) is 0.615. The lowest BCUT2D eigenvalue weighted by molar-refractivity contribution is -0.0432. The zero-order valence-electron chi connectivity index (χ0n) is 12.7. The minimum Gasteiger partial charge on any atom is -0.394 e. The van der Waals surface area contributed by atoms with E-state index in [1.54, 1.807) is 10.9 Å². The molecule has 1 aliphatic rings. The average molecular weight is 325 g/mol. The predicted octanol–water partition coefficient (Wildman–Crippen LogP) is 0.255. The Hall–Kier alpha value is -1.42. The second-order valence-corrected chi connectivity index (χ2v) is 6.14. The van der Waals surface area contributed by atoms with Crippen LogP contribution in [0.1, 0.15) is 12.6 Å². The van der Waals surface area contributed by atoms with Crippen LogP contribution in [0.25, 0.3) is 11.2 Å². The molecule has 0 bridgehead atoms. The Kier molecular flexibility index (Phi) is 4.22. The number of ether oxygens (including phenoxy) is 1. The van der Waals surface area contributed by atoms with E-state index in [-0.39, 0.29) is 6.61 Å². The van der Waals surface area contributed by atoms with Crippen molar-refractivity contribution in [3.05, 3.63) is 6.33 Å². The van der Waals surface area contributed by atoms with Crippen molar-refractivity contribution in [1.82, 2.24) is 19.5 Å². The second kappa shape index (κ2) is 5.99. The summed E-state index contributed by atoms with van der Waals surface area (Å²) in [6.45, 7) is -0.210. The van der Waals surface area contributed by atoms with Gasteiger partial charge in [0.25, 0.3) is 0 Å². The van der Waals surface area contributed by atoms with Gasteiger partial charge in [0.2, 0.25) is 0 Å². The monoisotopic (exact) mass is 325 g/mol. The summed E-state index contributed by atoms with van der Waals surface area (Å²) >= 11 is 1.46. The molecule has 3 heterocycles. The first-order valence-corrected chi connectivity index (χ1v) is 8.18. The van der Waals surface area contributed by atoms with E-state index < -0.39 is 18.4 Å². The van der Waals surface area contributed by atoms with E-state index in [9.17, 15) is 10.2 Å². The molecule has 3 rings (SSSR count). The van der Waals surface area contributed by atoms with Crippen LogP contribution in [0.15, 0.2) is 11.5 Å². The number of aromatic nitrogens is 4. The lowest BCUT2D eigenvalue weighted by Crippen LogP contribution is -2.24. The molecule has 22 heavy (non-hydrogen) atoms. The van der Waals surface area contributed by atoms with Gasteiger partial charge in [0.05, 0.1) is 19.0 Å². The van der Waals surface area contributed by atoms with Crippen molar-refractivity contribution in [1.29, 1.82) is 0 Å². The van der Waals surface area contributed by atoms with Crippen molar-refractivity contribution < 1.29 is 14.9 Å². The summed E-state index contributed by atoms with van der Waals surface area (Å²) in [6.07, 6.45) is 2.30. The number of nitrogens with zero attached hydrogens (tertiary/aromatic N) is 5. The van der Waals surface area contributed by atoms with E-state index in [4.69, 9.17) is 4.74 Å². The van der Waals surface area contributed by atoms with E-state index in [0.717, 1.165) is 5.82 Å². The second-order valence-electron chi connectivity index (χ2n) is 5.37. The van der Waals surface area contributed by atoms with Crippen LogP contribution in [0.2, 0.25) is 0 Å². The number of imidazole rings is 1. The van der Waals surface area contributed by atoms with Crippen LogP contribution in [-0.4, -0.2) is 68.9 Å². The Balaban J connectivity index is 2.06. The third kappa shape index (κ3) is 2.54. The van der Waals surface area contributed by atoms with Crippen molar-refractivity contribution in [3.8, 4) is 0 Å². The Morgan fingerprint density at radius 1 is 1.45 bits per heavy atom. The molecule has 8 nitrogen and oxygen atoms in total. The molecule has 2 aromatic heterocycles. The van der Waals surface area contributed by atoms with Gasteiger partial charge in [0, 0.05) is 20.5 Å². The molecule has 1 saturated heterocycles. The third-order valence-electron chi connectivity index (χ3n) is 3.68. The van der Waals surface area contributed by atoms with Gasteiger partial charge in [-0.3, -0.25) is 4.57 Å². The number of fused-ring (bicyclic) bond motifs is 1. The van der Waals surface area contributed by atoms with Gasteiger partial charge in [0.1, 0.15) is 12.3 Å². The number of hydrogen-bond donors (Lipinski definition) is 2. The van der Waals surface area contributed by atoms with Crippen LogP contribution in [0, 0.1) is 0 Å². The molecule has 0 radical (unpaired) electrons. The first kappa shape index (κ1) is 15.5. The first-order chi connectivity index (χ1) is 10.5. The highest BCUT2D eigenvalue weighted by molar-refractivity contribution is 7.98. The maximum Gasteiger partial charge on any atom is 0.191 e. The summed E-state index contributed by atoms with van der Waals surface area (Å²) in [5.41, 5.74) is 1.35. The lowest BCUT2D eigenvalue weighted by Gasteiger charge is -2.15. The van der Waals surface area contributed by atoms with Crippen LogP contribution in [-0.2, 0) is 4.74 Å². The molecule has 2 N–H and O–H groups in total. The summed E-state index contributed by atoms with van der Waals surface area (Å²) < 4.78 is 7.49. The highest BCUT2D eigenvalue weighted by Gasteiger charge is 2.35. The molecule has 0 aliphatic carbocycles. The topological polar surface area (TPSA) is 96.5 Å². The number of aliphatic hydroxyl groups excluding tert-OH is 2. The Morgan fingerprint density at radius 2 is 2.23 bits per heavy atom. The highest BCUT2D eigenvalue weighted by Crippen LogP contribution is 2.32. The fourth-order valence-corrected chi connectivity index (χ4v) is 2.90. The van der Waals surface area contributed by atoms with Gasteiger partial charge in [0.15, 0.2) is 22.1 Å². The Morgan fingerprint density at radius 3 is 2.82 bits per heavy atom. The van der Waals surface area contributed by atoms with Gasteiger partial charge in [-0.25, -0.2) is 15.0 Å². The van der Waals surface area contributed by atoms with Crippen molar-refractivity contribution in [3.63, 3.8) is 0 Å². The molecule has 0 saturated carbocycles. The molecule has 0 spiro atoms. The van der Waals surface area contributed by atoms with Gasteiger partial charge < -0.3 is 19.8 Å². The van der Waals surface area contributed by atoms with Crippen molar-refractivity contribution >= 4 is 28.7 Å². The summed E-state index contributed by atoms with van der Waals surface area (Å²) in [7, 11) is 3.81. The molecule has 0 unspecified atom stereocenters. The van der Waals surface area contributed by atoms with Gasteiger partial charge in [-0.15, -0.1) is 0 Å². The van der Waals surface area contributed by atoms with Gasteiger partial charge in [-0.05, 0) is 6.26 Å². The average Bonchev–Trinajstić information content (AvgIpc) is 3.08. The number of rotatable bonds is 4. The van der Waals surface area contributed by atoms with E-state index >= 15 is 0 Å². The van der Waals surface area contributed by atoms with Crippen molar-refractivity contribution in [2.24, 2.45) is 0 Å². The molecule has 0 amide bonds. The van der Waals surface area contributed by atoms with Gasteiger partial charge in [-0.1, -0.05) is 11.8 Å². The number of thioether (sulfide) groups is 1. The van der Waals surface area contributed by atoms with Crippen LogP contribution >= 0.6 is 11.8 Å². The Bertz CT molecular complexity index is 677. The maximum absolute atomic E-state index is 9.91. The highest BCUT2D eigenvalue weighted by atomic mass is 32.2. The zero-order valence-corrected chi connectivity index (χ0v) is 13.5. The molecular formula is C13H19N5O3S. The lowest BCUT2D eigenvalue weighted by atomic mass is 10.2. The minimum absolute atomic E-state index is 0.210. The third-order valence-corrected chi connectivity index (χ3v) is 4.23. The van der Waals surface area contributed by atoms with Crippen LogP contribution in [0.3, 0.4) is 0 Å². The number of aliphatic hydroxyl groups is 2. The smallest absolute Gasteiger partial charge is 0.191 e. The Labute approximate surface area is 132 Å². The van der Waals surface area contributed by atoms with Crippen LogP contribution in [0.4, 0.5) is 5.82 Å². The molecule has 1 fully saturated rings. The zero-order chi connectivity index (χ0) is 15.9. The van der Waals surface area contributed by atoms with Crippen LogP contribution < -0.4 is 4.90 Å². The molecule has 2 aromatic rings. The maximum atomic E-state index is 9.91. The normalized spacial score (nSPS) is 25.0. The summed E-state index contributed by atoms with van der Waals surface area (Å²) in [4.78, 5) is 15.3. The molecule has 1 aliphatic heterocycles. The molecule has 120 valence electrons. The standard InChI is InChI=1S/C13H19N5O3S/c1-17(2)11-10-12(16-13(15-11)22-3)18(6-14-10)9-4-7(20)8(5-19)21-9/h6-9,19-20H,4-5H2,1-3H3/t7-,8+,9+/m1/s1. The van der Waals surface area contributed by atoms with Crippen molar-refractivity contribution in [2.45, 2.75) is 30.0 Å². The van der Waals surface area contributed by atoms with E-state index in [1.165, 1.54) is 11.8 Å². The first-order valence-electron chi connectivity index (χ1n) is 6.95. The summed E-state index contributed by atoms with van der Waals surface area (Å²) in [6, 6.07) is 0. The quantitative estimate of drug-likeness (QED) is 0.610. The minimum atomic E-state index is -0.692. The fourth-order valence-electron chi connectivity index (χ4n) is 2.55. The largest absolute Gasteiger partial charge is 0.394 e. The molecule has 3 atom stereocenters.